The second kappa shape index (κ2) is 7.47. The van der Waals surface area contributed by atoms with Crippen LogP contribution in [0.4, 0.5) is 0 Å². The molecule has 2 heterocycles. The van der Waals surface area contributed by atoms with Gasteiger partial charge in [0.25, 0.3) is 0 Å². The lowest BCUT2D eigenvalue weighted by atomic mass is 10.2. The Bertz CT molecular complexity index is 904. The maximum absolute atomic E-state index is 11.9. The van der Waals surface area contributed by atoms with Gasteiger partial charge < -0.3 is 5.32 Å². The van der Waals surface area contributed by atoms with Crippen LogP contribution < -0.4 is 5.32 Å². The molecule has 0 aliphatic carbocycles. The quantitative estimate of drug-likeness (QED) is 0.709. The summed E-state index contributed by atoms with van der Waals surface area (Å²) < 4.78 is 1.90. The Morgan fingerprint density at radius 3 is 2.88 bits per heavy atom. The Morgan fingerprint density at radius 2 is 2.04 bits per heavy atom. The van der Waals surface area contributed by atoms with Crippen molar-refractivity contribution >= 4 is 40.8 Å². The van der Waals surface area contributed by atoms with E-state index in [0.29, 0.717) is 23.0 Å². The van der Waals surface area contributed by atoms with Crippen LogP contribution in [0.3, 0.4) is 0 Å². The summed E-state index contributed by atoms with van der Waals surface area (Å²) in [7, 11) is 0. The smallest absolute Gasteiger partial charge is 0.244 e. The maximum Gasteiger partial charge on any atom is 0.244 e. The number of carbonyl (C=O) groups is 1. The highest BCUT2D eigenvalue weighted by Gasteiger charge is 2.04. The third kappa shape index (κ3) is 3.93. The molecule has 0 unspecified atom stereocenters. The van der Waals surface area contributed by atoms with Crippen LogP contribution in [-0.2, 0) is 11.2 Å². The lowest BCUT2D eigenvalue weighted by Crippen LogP contribution is -2.24. The first kappa shape index (κ1) is 16.5. The summed E-state index contributed by atoms with van der Waals surface area (Å²) in [5.41, 5.74) is 1.60. The van der Waals surface area contributed by atoms with E-state index in [0.717, 1.165) is 17.0 Å². The van der Waals surface area contributed by atoms with E-state index in [1.165, 1.54) is 6.08 Å². The Balaban J connectivity index is 1.54. The summed E-state index contributed by atoms with van der Waals surface area (Å²) in [5, 5.41) is 11.9. The van der Waals surface area contributed by atoms with Gasteiger partial charge in [-0.3, -0.25) is 9.20 Å². The molecule has 0 spiro atoms. The highest BCUT2D eigenvalue weighted by atomic mass is 35.5. The fraction of sp³-hybridized carbons (Fsp3) is 0.118. The third-order valence-electron chi connectivity index (χ3n) is 3.40. The summed E-state index contributed by atoms with van der Waals surface area (Å²) in [6.07, 6.45) is 5.64. The molecule has 24 heavy (non-hydrogen) atoms. The minimum absolute atomic E-state index is 0.185. The summed E-state index contributed by atoms with van der Waals surface area (Å²) >= 11 is 11.8. The summed E-state index contributed by atoms with van der Waals surface area (Å²) in [5.74, 6) is 0.620. The van der Waals surface area contributed by atoms with Crippen molar-refractivity contribution in [2.24, 2.45) is 0 Å². The Labute approximate surface area is 148 Å². The average Bonchev–Trinajstić information content (AvgIpc) is 2.99. The second-order valence-corrected chi connectivity index (χ2v) is 5.91. The van der Waals surface area contributed by atoms with Crippen LogP contribution in [-0.4, -0.2) is 27.0 Å². The van der Waals surface area contributed by atoms with E-state index >= 15 is 0 Å². The van der Waals surface area contributed by atoms with Crippen molar-refractivity contribution in [2.75, 3.05) is 6.54 Å². The summed E-state index contributed by atoms with van der Waals surface area (Å²) in [6.45, 7) is 0.472. The Hall–Kier alpha value is -2.37. The fourth-order valence-corrected chi connectivity index (χ4v) is 2.51. The zero-order valence-electron chi connectivity index (χ0n) is 12.6. The first-order valence-electron chi connectivity index (χ1n) is 7.33. The largest absolute Gasteiger partial charge is 0.352 e. The van der Waals surface area contributed by atoms with Crippen LogP contribution in [0, 0.1) is 0 Å². The standard InChI is InChI=1S/C17H14Cl2N4O/c18-13-6-4-12(11-14(13)19)5-7-17(24)20-9-8-16-22-21-15-3-1-2-10-23(15)16/h1-7,10-11H,8-9H2,(H,20,24)/b7-5+. The van der Waals surface area contributed by atoms with Crippen molar-refractivity contribution in [2.45, 2.75) is 6.42 Å². The van der Waals surface area contributed by atoms with Gasteiger partial charge in [0.1, 0.15) is 5.82 Å². The molecule has 1 N–H and O–H groups in total. The second-order valence-electron chi connectivity index (χ2n) is 5.09. The van der Waals surface area contributed by atoms with Gasteiger partial charge in [-0.1, -0.05) is 35.3 Å². The van der Waals surface area contributed by atoms with Gasteiger partial charge in [-0.25, -0.2) is 0 Å². The van der Waals surface area contributed by atoms with Crippen molar-refractivity contribution < 1.29 is 4.79 Å². The van der Waals surface area contributed by atoms with E-state index in [2.05, 4.69) is 15.5 Å². The number of nitrogens with zero attached hydrogens (tertiary/aromatic N) is 3. The van der Waals surface area contributed by atoms with Crippen molar-refractivity contribution in [1.29, 1.82) is 0 Å². The van der Waals surface area contributed by atoms with E-state index in [-0.39, 0.29) is 5.91 Å². The van der Waals surface area contributed by atoms with Crippen LogP contribution in [0.25, 0.3) is 11.7 Å². The average molecular weight is 361 g/mol. The number of aromatic nitrogens is 3. The van der Waals surface area contributed by atoms with E-state index in [1.54, 1.807) is 24.3 Å². The number of hydrogen-bond donors (Lipinski definition) is 1. The van der Waals surface area contributed by atoms with E-state index in [1.807, 2.05) is 28.8 Å². The molecule has 0 bridgehead atoms. The Kier molecular flexibility index (Phi) is 5.13. The van der Waals surface area contributed by atoms with Gasteiger partial charge in [0.2, 0.25) is 5.91 Å². The molecule has 122 valence electrons. The number of pyridine rings is 1. The number of hydrogen-bond acceptors (Lipinski definition) is 3. The SMILES string of the molecule is O=C(/C=C/c1ccc(Cl)c(Cl)c1)NCCc1nnc2ccccn12. The number of benzene rings is 1. The first-order chi connectivity index (χ1) is 11.6. The molecule has 0 aliphatic heterocycles. The van der Waals surface area contributed by atoms with Gasteiger partial charge in [0.15, 0.2) is 5.65 Å². The molecule has 0 saturated carbocycles. The fourth-order valence-electron chi connectivity index (χ4n) is 2.21. The zero-order chi connectivity index (χ0) is 16.9. The number of nitrogens with one attached hydrogen (secondary N) is 1. The first-order valence-corrected chi connectivity index (χ1v) is 8.09. The summed E-state index contributed by atoms with van der Waals surface area (Å²) in [6, 6.07) is 10.9. The molecule has 0 radical (unpaired) electrons. The molecular weight excluding hydrogens is 347 g/mol. The van der Waals surface area contributed by atoms with Gasteiger partial charge in [0.05, 0.1) is 10.0 Å². The van der Waals surface area contributed by atoms with E-state index in [4.69, 9.17) is 23.2 Å². The lowest BCUT2D eigenvalue weighted by molar-refractivity contribution is -0.116. The monoisotopic (exact) mass is 360 g/mol. The molecule has 1 aromatic carbocycles. The van der Waals surface area contributed by atoms with Crippen molar-refractivity contribution in [3.8, 4) is 0 Å². The van der Waals surface area contributed by atoms with Crippen molar-refractivity contribution in [3.63, 3.8) is 0 Å². The molecule has 1 amide bonds. The molecular formula is C17H14Cl2N4O. The van der Waals surface area contributed by atoms with Gasteiger partial charge >= 0.3 is 0 Å². The molecule has 3 aromatic rings. The van der Waals surface area contributed by atoms with Crippen molar-refractivity contribution in [3.05, 3.63) is 70.1 Å². The van der Waals surface area contributed by atoms with Crippen LogP contribution in [0.5, 0.6) is 0 Å². The highest BCUT2D eigenvalue weighted by molar-refractivity contribution is 6.42. The van der Waals surface area contributed by atoms with Crippen LogP contribution in [0.2, 0.25) is 10.0 Å². The van der Waals surface area contributed by atoms with Gasteiger partial charge in [0, 0.05) is 25.2 Å². The minimum atomic E-state index is -0.185. The van der Waals surface area contributed by atoms with Crippen LogP contribution >= 0.6 is 23.2 Å². The predicted molar refractivity (Wildman–Crippen MR) is 95.2 cm³/mol. The van der Waals surface area contributed by atoms with Gasteiger partial charge in [-0.05, 0) is 35.9 Å². The predicted octanol–water partition coefficient (Wildman–Crippen LogP) is 3.41. The number of halogens is 2. The molecule has 5 nitrogen and oxygen atoms in total. The highest BCUT2D eigenvalue weighted by Crippen LogP contribution is 2.23. The van der Waals surface area contributed by atoms with Gasteiger partial charge in [-0.15, -0.1) is 10.2 Å². The number of fused-ring (bicyclic) bond motifs is 1. The van der Waals surface area contributed by atoms with Crippen LogP contribution in [0.1, 0.15) is 11.4 Å². The topological polar surface area (TPSA) is 59.3 Å². The maximum atomic E-state index is 11.9. The molecule has 0 saturated heterocycles. The van der Waals surface area contributed by atoms with E-state index < -0.39 is 0 Å². The summed E-state index contributed by atoms with van der Waals surface area (Å²) in [4.78, 5) is 11.9. The molecule has 2 aromatic heterocycles. The van der Waals surface area contributed by atoms with Crippen LogP contribution in [0.15, 0.2) is 48.7 Å². The third-order valence-corrected chi connectivity index (χ3v) is 4.14. The lowest BCUT2D eigenvalue weighted by Gasteiger charge is -2.02. The molecule has 0 aliphatic rings. The zero-order valence-corrected chi connectivity index (χ0v) is 14.1. The normalized spacial score (nSPS) is 11.2. The van der Waals surface area contributed by atoms with Crippen molar-refractivity contribution in [1.82, 2.24) is 19.9 Å². The molecule has 7 heteroatoms. The molecule has 0 fully saturated rings. The van der Waals surface area contributed by atoms with E-state index in [9.17, 15) is 4.79 Å². The Morgan fingerprint density at radius 1 is 1.17 bits per heavy atom. The number of amides is 1. The molecule has 0 atom stereocenters. The molecule has 3 rings (SSSR count). The van der Waals surface area contributed by atoms with Gasteiger partial charge in [-0.2, -0.15) is 0 Å². The number of carbonyl (C=O) groups excluding carboxylic acids is 1. The number of rotatable bonds is 5. The minimum Gasteiger partial charge on any atom is -0.352 e.